The van der Waals surface area contributed by atoms with Gasteiger partial charge in [0.2, 0.25) is 5.88 Å². The lowest BCUT2D eigenvalue weighted by molar-refractivity contribution is 0.357. The van der Waals surface area contributed by atoms with Crippen molar-refractivity contribution >= 4 is 10.9 Å². The van der Waals surface area contributed by atoms with Crippen molar-refractivity contribution in [2.75, 3.05) is 13.7 Å². The molecule has 0 spiro atoms. The SMILES string of the molecule is COc1nc2ccccc2cc1-c1ccc2c(c1)CCO2. The maximum Gasteiger partial charge on any atom is 0.221 e. The Morgan fingerprint density at radius 2 is 2.00 bits per heavy atom. The van der Waals surface area contributed by atoms with E-state index in [1.807, 2.05) is 24.3 Å². The highest BCUT2D eigenvalue weighted by molar-refractivity contribution is 5.86. The number of rotatable bonds is 2. The van der Waals surface area contributed by atoms with E-state index in [0.717, 1.165) is 40.8 Å². The monoisotopic (exact) mass is 277 g/mol. The van der Waals surface area contributed by atoms with Crippen LogP contribution in [-0.2, 0) is 6.42 Å². The molecule has 3 aromatic rings. The van der Waals surface area contributed by atoms with Crippen LogP contribution in [0.25, 0.3) is 22.0 Å². The molecule has 0 unspecified atom stereocenters. The van der Waals surface area contributed by atoms with Crippen molar-refractivity contribution in [2.45, 2.75) is 6.42 Å². The summed E-state index contributed by atoms with van der Waals surface area (Å²) in [4.78, 5) is 4.61. The molecule has 0 bridgehead atoms. The van der Waals surface area contributed by atoms with Gasteiger partial charge in [0.25, 0.3) is 0 Å². The van der Waals surface area contributed by atoms with Crippen molar-refractivity contribution in [1.29, 1.82) is 0 Å². The zero-order chi connectivity index (χ0) is 14.2. The van der Waals surface area contributed by atoms with Gasteiger partial charge >= 0.3 is 0 Å². The van der Waals surface area contributed by atoms with Crippen LogP contribution >= 0.6 is 0 Å². The number of para-hydroxylation sites is 1. The highest BCUT2D eigenvalue weighted by Gasteiger charge is 2.15. The van der Waals surface area contributed by atoms with Crippen LogP contribution in [0, 0.1) is 0 Å². The molecule has 3 nitrogen and oxygen atoms in total. The fraction of sp³-hybridized carbons (Fsp3) is 0.167. The summed E-state index contributed by atoms with van der Waals surface area (Å²) < 4.78 is 11.1. The lowest BCUT2D eigenvalue weighted by Crippen LogP contribution is -1.93. The molecule has 0 fully saturated rings. The van der Waals surface area contributed by atoms with Crippen LogP contribution in [-0.4, -0.2) is 18.7 Å². The number of ether oxygens (including phenoxy) is 2. The fourth-order valence-electron chi connectivity index (χ4n) is 2.81. The van der Waals surface area contributed by atoms with Crippen LogP contribution in [0.15, 0.2) is 48.5 Å². The van der Waals surface area contributed by atoms with Crippen molar-refractivity contribution in [3.05, 3.63) is 54.1 Å². The van der Waals surface area contributed by atoms with E-state index in [2.05, 4.69) is 29.2 Å². The van der Waals surface area contributed by atoms with Gasteiger partial charge in [-0.15, -0.1) is 0 Å². The molecule has 2 aromatic carbocycles. The van der Waals surface area contributed by atoms with Crippen molar-refractivity contribution in [3.63, 3.8) is 0 Å². The van der Waals surface area contributed by atoms with E-state index in [4.69, 9.17) is 9.47 Å². The molecule has 2 heterocycles. The first-order chi connectivity index (χ1) is 10.3. The smallest absolute Gasteiger partial charge is 0.221 e. The molecule has 4 rings (SSSR count). The van der Waals surface area contributed by atoms with Gasteiger partial charge in [0.1, 0.15) is 5.75 Å². The van der Waals surface area contributed by atoms with Crippen molar-refractivity contribution < 1.29 is 9.47 Å². The highest BCUT2D eigenvalue weighted by atomic mass is 16.5. The predicted octanol–water partition coefficient (Wildman–Crippen LogP) is 3.85. The van der Waals surface area contributed by atoms with Gasteiger partial charge in [0, 0.05) is 17.4 Å². The number of benzene rings is 2. The minimum absolute atomic E-state index is 0.660. The molecule has 1 aliphatic rings. The average molecular weight is 277 g/mol. The Balaban J connectivity index is 1.92. The van der Waals surface area contributed by atoms with Gasteiger partial charge < -0.3 is 9.47 Å². The molecule has 0 saturated carbocycles. The summed E-state index contributed by atoms with van der Waals surface area (Å²) >= 11 is 0. The predicted molar refractivity (Wildman–Crippen MR) is 82.9 cm³/mol. The number of fused-ring (bicyclic) bond motifs is 2. The summed E-state index contributed by atoms with van der Waals surface area (Å²) in [7, 11) is 1.66. The van der Waals surface area contributed by atoms with Crippen molar-refractivity contribution in [3.8, 4) is 22.8 Å². The third kappa shape index (κ3) is 2.02. The largest absolute Gasteiger partial charge is 0.493 e. The zero-order valence-electron chi connectivity index (χ0n) is 11.8. The second-order valence-electron chi connectivity index (χ2n) is 5.16. The highest BCUT2D eigenvalue weighted by Crippen LogP contribution is 2.35. The molecule has 0 saturated heterocycles. The molecule has 0 aliphatic carbocycles. The molecule has 104 valence electrons. The molecule has 1 aliphatic heterocycles. The number of hydrogen-bond donors (Lipinski definition) is 0. The first-order valence-corrected chi connectivity index (χ1v) is 7.05. The Morgan fingerprint density at radius 3 is 2.90 bits per heavy atom. The molecular weight excluding hydrogens is 262 g/mol. The van der Waals surface area contributed by atoms with Gasteiger partial charge in [-0.2, -0.15) is 0 Å². The molecule has 0 amide bonds. The molecule has 21 heavy (non-hydrogen) atoms. The summed E-state index contributed by atoms with van der Waals surface area (Å²) in [5.74, 6) is 1.65. The fourth-order valence-corrected chi connectivity index (χ4v) is 2.81. The van der Waals surface area contributed by atoms with Gasteiger partial charge in [-0.1, -0.05) is 24.3 Å². The van der Waals surface area contributed by atoms with Gasteiger partial charge in [0.05, 0.1) is 19.2 Å². The van der Waals surface area contributed by atoms with Crippen molar-refractivity contribution in [2.24, 2.45) is 0 Å². The zero-order valence-corrected chi connectivity index (χ0v) is 11.8. The number of aromatic nitrogens is 1. The Morgan fingerprint density at radius 1 is 1.10 bits per heavy atom. The molecule has 3 heteroatoms. The first kappa shape index (κ1) is 12.2. The van der Waals surface area contributed by atoms with E-state index in [0.29, 0.717) is 5.88 Å². The minimum atomic E-state index is 0.660. The van der Waals surface area contributed by atoms with Crippen LogP contribution in [0.5, 0.6) is 11.6 Å². The number of pyridine rings is 1. The second-order valence-corrected chi connectivity index (χ2v) is 5.16. The number of methoxy groups -OCH3 is 1. The van der Waals surface area contributed by atoms with E-state index in [1.54, 1.807) is 7.11 Å². The molecule has 0 atom stereocenters. The molecule has 1 aromatic heterocycles. The maximum absolute atomic E-state index is 5.57. The van der Waals surface area contributed by atoms with E-state index in [1.165, 1.54) is 5.56 Å². The van der Waals surface area contributed by atoms with Gasteiger partial charge in [-0.25, -0.2) is 4.98 Å². The Bertz CT molecular complexity index is 827. The second kappa shape index (κ2) is 4.77. The molecular formula is C18H15NO2. The standard InChI is InChI=1S/C18H15NO2/c1-20-18-15(11-13-4-2-3-5-16(13)19-18)12-6-7-17-14(10-12)8-9-21-17/h2-7,10-11H,8-9H2,1H3. The number of hydrogen-bond acceptors (Lipinski definition) is 3. The third-order valence-corrected chi connectivity index (χ3v) is 3.88. The quantitative estimate of drug-likeness (QED) is 0.713. The summed E-state index contributed by atoms with van der Waals surface area (Å²) in [6, 6.07) is 16.5. The van der Waals surface area contributed by atoms with Crippen LogP contribution in [0.4, 0.5) is 0 Å². The average Bonchev–Trinajstić information content (AvgIpc) is 3.01. The van der Waals surface area contributed by atoms with Crippen LogP contribution in [0.1, 0.15) is 5.56 Å². The summed E-state index contributed by atoms with van der Waals surface area (Å²) in [5.41, 5.74) is 4.34. The van der Waals surface area contributed by atoms with Crippen LogP contribution in [0.2, 0.25) is 0 Å². The lowest BCUT2D eigenvalue weighted by atomic mass is 10.0. The lowest BCUT2D eigenvalue weighted by Gasteiger charge is -2.10. The normalized spacial score (nSPS) is 13.0. The van der Waals surface area contributed by atoms with Crippen LogP contribution in [0.3, 0.4) is 0 Å². The van der Waals surface area contributed by atoms with Gasteiger partial charge in [-0.3, -0.25) is 0 Å². The van der Waals surface area contributed by atoms with E-state index in [9.17, 15) is 0 Å². The summed E-state index contributed by atoms with van der Waals surface area (Å²) in [5, 5.41) is 1.12. The minimum Gasteiger partial charge on any atom is -0.493 e. The Kier molecular flexibility index (Phi) is 2.78. The molecule has 0 N–H and O–H groups in total. The summed E-state index contributed by atoms with van der Waals surface area (Å²) in [6.07, 6.45) is 0.965. The third-order valence-electron chi connectivity index (χ3n) is 3.88. The first-order valence-electron chi connectivity index (χ1n) is 7.05. The summed E-state index contributed by atoms with van der Waals surface area (Å²) in [6.45, 7) is 0.770. The van der Waals surface area contributed by atoms with E-state index >= 15 is 0 Å². The Labute approximate surface area is 123 Å². The van der Waals surface area contributed by atoms with E-state index < -0.39 is 0 Å². The van der Waals surface area contributed by atoms with Crippen LogP contribution < -0.4 is 9.47 Å². The maximum atomic E-state index is 5.57. The van der Waals surface area contributed by atoms with Gasteiger partial charge in [-0.05, 0) is 35.4 Å². The number of nitrogens with zero attached hydrogens (tertiary/aromatic N) is 1. The van der Waals surface area contributed by atoms with Gasteiger partial charge in [0.15, 0.2) is 0 Å². The molecule has 0 radical (unpaired) electrons. The Hall–Kier alpha value is -2.55. The topological polar surface area (TPSA) is 31.4 Å². The van der Waals surface area contributed by atoms with E-state index in [-0.39, 0.29) is 0 Å². The van der Waals surface area contributed by atoms with Crippen molar-refractivity contribution in [1.82, 2.24) is 4.98 Å².